The zero-order chi connectivity index (χ0) is 14.0. The summed E-state index contributed by atoms with van der Waals surface area (Å²) in [7, 11) is 0. The van der Waals surface area contributed by atoms with Gasteiger partial charge in [-0.15, -0.1) is 11.3 Å². The van der Waals surface area contributed by atoms with Crippen molar-refractivity contribution in [3.05, 3.63) is 55.1 Å². The molecular weight excluding hydrogens is 258 g/mol. The van der Waals surface area contributed by atoms with Crippen molar-refractivity contribution in [1.82, 2.24) is 4.68 Å². The minimum absolute atomic E-state index is 0.144. The van der Waals surface area contributed by atoms with Crippen molar-refractivity contribution >= 4 is 17.6 Å². The highest BCUT2D eigenvalue weighted by Gasteiger charge is 2.08. The molecule has 0 amide bonds. The van der Waals surface area contributed by atoms with Crippen LogP contribution in [0.1, 0.15) is 26.6 Å². The third-order valence-corrected chi connectivity index (χ3v) is 3.67. The summed E-state index contributed by atoms with van der Waals surface area (Å²) < 4.78 is 1.26. The number of nitrogens with zero attached hydrogens (tertiary/aromatic N) is 3. The van der Waals surface area contributed by atoms with Gasteiger partial charge in [0.15, 0.2) is 0 Å². The van der Waals surface area contributed by atoms with Gasteiger partial charge in [0.1, 0.15) is 11.6 Å². The van der Waals surface area contributed by atoms with Crippen LogP contribution < -0.4 is 5.56 Å². The number of rotatable bonds is 2. The standard InChI is InChI=1S/C14H13N3OS/c1-9-6-10(2)17(14(18)13(9)7-15)16-8-12-5-4-11(3)19-12/h4-6,8H,1-3H3. The number of pyridine rings is 1. The second kappa shape index (κ2) is 5.21. The van der Waals surface area contributed by atoms with E-state index in [4.69, 9.17) is 5.26 Å². The average molecular weight is 271 g/mol. The second-order valence-corrected chi connectivity index (χ2v) is 5.58. The van der Waals surface area contributed by atoms with Crippen molar-refractivity contribution in [2.45, 2.75) is 20.8 Å². The molecule has 19 heavy (non-hydrogen) atoms. The smallest absolute Gasteiger partial charge is 0.266 e. The monoisotopic (exact) mass is 271 g/mol. The van der Waals surface area contributed by atoms with Crippen LogP contribution in [0.5, 0.6) is 0 Å². The van der Waals surface area contributed by atoms with E-state index < -0.39 is 0 Å². The van der Waals surface area contributed by atoms with E-state index >= 15 is 0 Å². The second-order valence-electron chi connectivity index (χ2n) is 4.27. The summed E-state index contributed by atoms with van der Waals surface area (Å²) in [6.07, 6.45) is 1.64. The van der Waals surface area contributed by atoms with Crippen molar-refractivity contribution in [2.24, 2.45) is 5.10 Å². The molecule has 0 saturated heterocycles. The van der Waals surface area contributed by atoms with Crippen LogP contribution in [-0.2, 0) is 0 Å². The lowest BCUT2D eigenvalue weighted by Gasteiger charge is -2.05. The van der Waals surface area contributed by atoms with Crippen molar-refractivity contribution in [2.75, 3.05) is 0 Å². The first-order valence-corrected chi connectivity index (χ1v) is 6.58. The van der Waals surface area contributed by atoms with Gasteiger partial charge in [-0.25, -0.2) is 4.68 Å². The fourth-order valence-corrected chi connectivity index (χ4v) is 2.54. The molecule has 0 aliphatic rings. The van der Waals surface area contributed by atoms with Gasteiger partial charge in [0.25, 0.3) is 5.56 Å². The SMILES string of the molecule is Cc1ccc(C=Nn2c(C)cc(C)c(C#N)c2=O)s1. The predicted molar refractivity (Wildman–Crippen MR) is 76.9 cm³/mol. The number of aromatic nitrogens is 1. The van der Waals surface area contributed by atoms with E-state index in [0.717, 1.165) is 4.88 Å². The van der Waals surface area contributed by atoms with Gasteiger partial charge in [-0.1, -0.05) is 0 Å². The molecule has 0 aliphatic heterocycles. The Morgan fingerprint density at radius 2 is 2.11 bits per heavy atom. The summed E-state index contributed by atoms with van der Waals surface area (Å²) >= 11 is 1.60. The molecule has 0 radical (unpaired) electrons. The molecule has 2 aromatic rings. The van der Waals surface area contributed by atoms with Crippen LogP contribution >= 0.6 is 11.3 Å². The molecule has 2 aromatic heterocycles. The van der Waals surface area contributed by atoms with E-state index in [0.29, 0.717) is 11.3 Å². The van der Waals surface area contributed by atoms with Gasteiger partial charge in [0.05, 0.1) is 6.21 Å². The van der Waals surface area contributed by atoms with Gasteiger partial charge in [0.2, 0.25) is 0 Å². The molecule has 2 heterocycles. The molecule has 5 heteroatoms. The van der Waals surface area contributed by atoms with Crippen molar-refractivity contribution in [3.8, 4) is 6.07 Å². The zero-order valence-corrected chi connectivity index (χ0v) is 11.8. The van der Waals surface area contributed by atoms with Gasteiger partial charge in [0, 0.05) is 15.4 Å². The Hall–Kier alpha value is -2.19. The van der Waals surface area contributed by atoms with Crippen molar-refractivity contribution in [1.29, 1.82) is 5.26 Å². The minimum Gasteiger partial charge on any atom is -0.266 e. The van der Waals surface area contributed by atoms with E-state index in [1.165, 1.54) is 9.55 Å². The summed E-state index contributed by atoms with van der Waals surface area (Å²) in [5.41, 5.74) is 1.17. The normalized spacial score (nSPS) is 10.8. The molecule has 0 bridgehead atoms. The van der Waals surface area contributed by atoms with Crippen LogP contribution in [0.4, 0.5) is 0 Å². The highest BCUT2D eigenvalue weighted by Crippen LogP contribution is 2.12. The molecule has 0 aliphatic carbocycles. The van der Waals surface area contributed by atoms with Crippen LogP contribution in [0.15, 0.2) is 28.1 Å². The van der Waals surface area contributed by atoms with E-state index in [2.05, 4.69) is 5.10 Å². The first kappa shape index (κ1) is 13.2. The first-order chi connectivity index (χ1) is 9.02. The number of thiophene rings is 1. The maximum atomic E-state index is 12.1. The largest absolute Gasteiger partial charge is 0.289 e. The number of aryl methyl sites for hydroxylation is 3. The van der Waals surface area contributed by atoms with Gasteiger partial charge in [-0.2, -0.15) is 10.4 Å². The minimum atomic E-state index is -0.371. The fourth-order valence-electron chi connectivity index (χ4n) is 1.80. The first-order valence-electron chi connectivity index (χ1n) is 5.77. The van der Waals surface area contributed by atoms with Crippen molar-refractivity contribution < 1.29 is 0 Å². The number of hydrogen-bond acceptors (Lipinski definition) is 4. The average Bonchev–Trinajstić information content (AvgIpc) is 2.75. The fraction of sp³-hybridized carbons (Fsp3) is 0.214. The Morgan fingerprint density at radius 1 is 1.37 bits per heavy atom. The molecule has 0 spiro atoms. The van der Waals surface area contributed by atoms with Crippen molar-refractivity contribution in [3.63, 3.8) is 0 Å². The summed E-state index contributed by atoms with van der Waals surface area (Å²) in [5, 5.41) is 13.2. The molecule has 0 unspecified atom stereocenters. The molecule has 0 fully saturated rings. The molecule has 0 N–H and O–H groups in total. The van der Waals surface area contributed by atoms with Crippen LogP contribution in [0.3, 0.4) is 0 Å². The number of hydrogen-bond donors (Lipinski definition) is 0. The lowest BCUT2D eigenvalue weighted by molar-refractivity contribution is 0.787. The van der Waals surface area contributed by atoms with Crippen LogP contribution in [0.25, 0.3) is 0 Å². The van der Waals surface area contributed by atoms with E-state index in [9.17, 15) is 4.79 Å². The Labute approximate surface area is 115 Å². The Kier molecular flexibility index (Phi) is 3.63. The molecule has 4 nitrogen and oxygen atoms in total. The van der Waals surface area contributed by atoms with Gasteiger partial charge < -0.3 is 0 Å². The lowest BCUT2D eigenvalue weighted by Crippen LogP contribution is -2.22. The van der Waals surface area contributed by atoms with E-state index in [1.807, 2.05) is 25.1 Å². The highest BCUT2D eigenvalue weighted by molar-refractivity contribution is 7.13. The summed E-state index contributed by atoms with van der Waals surface area (Å²) in [6.45, 7) is 5.56. The molecule has 0 aromatic carbocycles. The summed E-state index contributed by atoms with van der Waals surface area (Å²) in [4.78, 5) is 14.3. The van der Waals surface area contributed by atoms with Gasteiger partial charge >= 0.3 is 0 Å². The highest BCUT2D eigenvalue weighted by atomic mass is 32.1. The maximum Gasteiger partial charge on any atom is 0.289 e. The van der Waals surface area contributed by atoms with Crippen LogP contribution in [-0.4, -0.2) is 10.9 Å². The summed E-state index contributed by atoms with van der Waals surface area (Å²) in [6, 6.07) is 7.66. The third-order valence-electron chi connectivity index (χ3n) is 2.73. The maximum absolute atomic E-state index is 12.1. The van der Waals surface area contributed by atoms with Gasteiger partial charge in [-0.3, -0.25) is 4.79 Å². The Morgan fingerprint density at radius 3 is 2.68 bits per heavy atom. The van der Waals surface area contributed by atoms with E-state index in [-0.39, 0.29) is 11.1 Å². The van der Waals surface area contributed by atoms with E-state index in [1.54, 1.807) is 37.5 Å². The number of nitriles is 1. The van der Waals surface area contributed by atoms with Crippen LogP contribution in [0.2, 0.25) is 0 Å². The molecule has 2 rings (SSSR count). The molecular formula is C14H13N3OS. The lowest BCUT2D eigenvalue weighted by atomic mass is 10.1. The summed E-state index contributed by atoms with van der Waals surface area (Å²) in [5.74, 6) is 0. The molecule has 96 valence electrons. The topological polar surface area (TPSA) is 58.1 Å². The Balaban J connectivity index is 2.49. The Bertz CT molecular complexity index is 747. The third kappa shape index (κ3) is 2.64. The molecule has 0 saturated carbocycles. The molecule has 0 atom stereocenters. The predicted octanol–water partition coefficient (Wildman–Crippen LogP) is 2.59. The van der Waals surface area contributed by atoms with Crippen LogP contribution in [0, 0.1) is 32.1 Å². The zero-order valence-electron chi connectivity index (χ0n) is 11.0. The van der Waals surface area contributed by atoms with Gasteiger partial charge in [-0.05, 0) is 44.5 Å². The quantitative estimate of drug-likeness (QED) is 0.788.